The minimum atomic E-state index is -0.134. The molecule has 0 aliphatic heterocycles. The van der Waals surface area contributed by atoms with Gasteiger partial charge in [0.1, 0.15) is 12.4 Å². The van der Waals surface area contributed by atoms with Gasteiger partial charge in [-0.25, -0.2) is 4.98 Å². The maximum Gasteiger partial charge on any atom is 0.243 e. The summed E-state index contributed by atoms with van der Waals surface area (Å²) < 4.78 is 2.06. The minimum Gasteiger partial charge on any atom is -0.353 e. The van der Waals surface area contributed by atoms with Gasteiger partial charge in [0, 0.05) is 25.0 Å². The van der Waals surface area contributed by atoms with Crippen molar-refractivity contribution < 1.29 is 9.59 Å². The molecule has 1 aromatic carbocycles. The van der Waals surface area contributed by atoms with E-state index in [0.717, 1.165) is 42.5 Å². The Morgan fingerprint density at radius 2 is 1.83 bits per heavy atom. The maximum absolute atomic E-state index is 13.0. The van der Waals surface area contributed by atoms with Crippen LogP contribution >= 0.6 is 0 Å². The highest BCUT2D eigenvalue weighted by molar-refractivity contribution is 5.86. The molecule has 1 heterocycles. The molecule has 0 saturated carbocycles. The number of nitrogens with one attached hydrogen (secondary N) is 1. The number of hydrogen-bond acceptors (Lipinski definition) is 3. The Hall–Kier alpha value is -2.63. The van der Waals surface area contributed by atoms with E-state index in [1.54, 1.807) is 0 Å². The van der Waals surface area contributed by atoms with E-state index in [1.807, 2.05) is 29.2 Å². The van der Waals surface area contributed by atoms with Crippen LogP contribution in [0.25, 0.3) is 11.0 Å². The molecule has 0 unspecified atom stereocenters. The van der Waals surface area contributed by atoms with Crippen LogP contribution in [0.3, 0.4) is 0 Å². The Morgan fingerprint density at radius 3 is 2.48 bits per heavy atom. The quantitative estimate of drug-likeness (QED) is 0.464. The van der Waals surface area contributed by atoms with Crippen molar-refractivity contribution in [2.45, 2.75) is 72.0 Å². The van der Waals surface area contributed by atoms with Gasteiger partial charge in [-0.05, 0) is 58.7 Å². The standard InChI is InChI=1S/C23H34N4O2/c1-6-22(28)24-15-11-7-8-14-21-25-19-12-9-10-13-20(19)26(21)16-23(29)27(17(2)3)18(4)5/h6,9-10,12-13,17-18H,1,7-8,11,14-16H2,2-5H3,(H,24,28). The van der Waals surface area contributed by atoms with Gasteiger partial charge in [0.15, 0.2) is 0 Å². The fraction of sp³-hybridized carbons (Fsp3) is 0.522. The van der Waals surface area contributed by atoms with Crippen molar-refractivity contribution >= 4 is 22.8 Å². The van der Waals surface area contributed by atoms with Crippen LogP contribution in [-0.4, -0.2) is 44.9 Å². The zero-order chi connectivity index (χ0) is 21.4. The average molecular weight is 399 g/mol. The lowest BCUT2D eigenvalue weighted by Gasteiger charge is -2.31. The second-order valence-electron chi connectivity index (χ2n) is 7.90. The van der Waals surface area contributed by atoms with Crippen molar-refractivity contribution in [1.82, 2.24) is 19.8 Å². The van der Waals surface area contributed by atoms with Crippen molar-refractivity contribution in [2.24, 2.45) is 0 Å². The Labute approximate surface area is 174 Å². The van der Waals surface area contributed by atoms with E-state index in [1.165, 1.54) is 6.08 Å². The lowest BCUT2D eigenvalue weighted by atomic mass is 10.2. The Morgan fingerprint density at radius 1 is 1.14 bits per heavy atom. The van der Waals surface area contributed by atoms with E-state index in [4.69, 9.17) is 4.98 Å². The number of aromatic nitrogens is 2. The smallest absolute Gasteiger partial charge is 0.243 e. The highest BCUT2D eigenvalue weighted by Crippen LogP contribution is 2.19. The molecule has 1 N–H and O–H groups in total. The molecular weight excluding hydrogens is 364 g/mol. The molecule has 6 heteroatoms. The normalized spacial score (nSPS) is 11.2. The summed E-state index contributed by atoms with van der Waals surface area (Å²) in [5.41, 5.74) is 1.93. The number of unbranched alkanes of at least 4 members (excludes halogenated alkanes) is 2. The van der Waals surface area contributed by atoms with Gasteiger partial charge in [0.2, 0.25) is 11.8 Å². The molecule has 0 bridgehead atoms. The Balaban J connectivity index is 2.08. The van der Waals surface area contributed by atoms with Crippen LogP contribution in [-0.2, 0) is 22.6 Å². The molecule has 0 radical (unpaired) electrons. The first kappa shape index (κ1) is 22.7. The number of imidazole rings is 1. The number of hydrogen-bond donors (Lipinski definition) is 1. The average Bonchev–Trinajstić information content (AvgIpc) is 3.01. The predicted molar refractivity (Wildman–Crippen MR) is 118 cm³/mol. The summed E-state index contributed by atoms with van der Waals surface area (Å²) in [5, 5.41) is 2.80. The maximum atomic E-state index is 13.0. The first-order valence-corrected chi connectivity index (χ1v) is 10.5. The molecule has 0 aliphatic rings. The van der Waals surface area contributed by atoms with Gasteiger partial charge < -0.3 is 14.8 Å². The topological polar surface area (TPSA) is 67.2 Å². The second kappa shape index (κ2) is 10.8. The Kier molecular flexibility index (Phi) is 8.43. The number of carbonyl (C=O) groups excluding carboxylic acids is 2. The molecular formula is C23H34N4O2. The molecule has 158 valence electrons. The largest absolute Gasteiger partial charge is 0.353 e. The molecule has 29 heavy (non-hydrogen) atoms. The van der Waals surface area contributed by atoms with Crippen LogP contribution in [0.15, 0.2) is 36.9 Å². The predicted octanol–water partition coefficient (Wildman–Crippen LogP) is 3.70. The van der Waals surface area contributed by atoms with Gasteiger partial charge in [0.05, 0.1) is 11.0 Å². The number of nitrogens with zero attached hydrogens (tertiary/aromatic N) is 3. The van der Waals surface area contributed by atoms with Crippen molar-refractivity contribution in [3.63, 3.8) is 0 Å². The summed E-state index contributed by atoms with van der Waals surface area (Å²) in [6, 6.07) is 8.30. The lowest BCUT2D eigenvalue weighted by molar-refractivity contribution is -0.135. The minimum absolute atomic E-state index is 0.117. The first-order chi connectivity index (χ1) is 13.8. The van der Waals surface area contributed by atoms with Crippen LogP contribution in [0.1, 0.15) is 52.8 Å². The van der Waals surface area contributed by atoms with Gasteiger partial charge in [-0.15, -0.1) is 0 Å². The molecule has 2 aromatic rings. The molecule has 0 atom stereocenters. The van der Waals surface area contributed by atoms with Crippen LogP contribution in [0.5, 0.6) is 0 Å². The highest BCUT2D eigenvalue weighted by atomic mass is 16.2. The van der Waals surface area contributed by atoms with E-state index in [0.29, 0.717) is 13.1 Å². The van der Waals surface area contributed by atoms with Crippen molar-refractivity contribution in [1.29, 1.82) is 0 Å². The van der Waals surface area contributed by atoms with Gasteiger partial charge in [-0.1, -0.05) is 25.1 Å². The van der Waals surface area contributed by atoms with Crippen molar-refractivity contribution in [2.75, 3.05) is 6.54 Å². The summed E-state index contributed by atoms with van der Waals surface area (Å²) in [7, 11) is 0. The third-order valence-corrected chi connectivity index (χ3v) is 4.99. The molecule has 6 nitrogen and oxygen atoms in total. The monoisotopic (exact) mass is 398 g/mol. The van der Waals surface area contributed by atoms with Crippen LogP contribution in [0.4, 0.5) is 0 Å². The van der Waals surface area contributed by atoms with Crippen LogP contribution in [0.2, 0.25) is 0 Å². The van der Waals surface area contributed by atoms with E-state index < -0.39 is 0 Å². The lowest BCUT2D eigenvalue weighted by Crippen LogP contribution is -2.43. The van der Waals surface area contributed by atoms with E-state index in [2.05, 4.69) is 44.2 Å². The second-order valence-corrected chi connectivity index (χ2v) is 7.90. The molecule has 0 spiro atoms. The molecule has 0 saturated heterocycles. The molecule has 0 fully saturated rings. The van der Waals surface area contributed by atoms with E-state index >= 15 is 0 Å². The zero-order valence-electron chi connectivity index (χ0n) is 18.1. The summed E-state index contributed by atoms with van der Waals surface area (Å²) in [6.07, 6.45) is 4.95. The molecule has 0 aliphatic carbocycles. The summed E-state index contributed by atoms with van der Waals surface area (Å²) in [5.74, 6) is 0.929. The molecule has 2 amide bonds. The van der Waals surface area contributed by atoms with Gasteiger partial charge in [-0.2, -0.15) is 0 Å². The van der Waals surface area contributed by atoms with Crippen molar-refractivity contribution in [3.05, 3.63) is 42.7 Å². The third kappa shape index (κ3) is 6.17. The summed E-state index contributed by atoms with van der Waals surface area (Å²) >= 11 is 0. The number of para-hydroxylation sites is 2. The van der Waals surface area contributed by atoms with Gasteiger partial charge >= 0.3 is 0 Å². The van der Waals surface area contributed by atoms with Gasteiger partial charge in [-0.3, -0.25) is 9.59 Å². The number of rotatable bonds is 11. The SMILES string of the molecule is C=CC(=O)NCCCCCc1nc2ccccc2n1CC(=O)N(C(C)C)C(C)C. The summed E-state index contributed by atoms with van der Waals surface area (Å²) in [4.78, 5) is 30.9. The van der Waals surface area contributed by atoms with E-state index in [9.17, 15) is 9.59 Å². The third-order valence-electron chi connectivity index (χ3n) is 4.99. The number of carbonyl (C=O) groups is 2. The fourth-order valence-corrected chi connectivity index (χ4v) is 3.75. The fourth-order valence-electron chi connectivity index (χ4n) is 3.75. The van der Waals surface area contributed by atoms with Crippen LogP contribution < -0.4 is 5.32 Å². The van der Waals surface area contributed by atoms with Gasteiger partial charge in [0.25, 0.3) is 0 Å². The highest BCUT2D eigenvalue weighted by Gasteiger charge is 2.22. The van der Waals surface area contributed by atoms with Crippen molar-refractivity contribution in [3.8, 4) is 0 Å². The number of benzene rings is 1. The number of aryl methyl sites for hydroxylation is 1. The molecule has 2 rings (SSSR count). The number of amides is 2. The number of fused-ring (bicyclic) bond motifs is 1. The summed E-state index contributed by atoms with van der Waals surface area (Å²) in [6.45, 7) is 12.6. The first-order valence-electron chi connectivity index (χ1n) is 10.5. The zero-order valence-corrected chi connectivity index (χ0v) is 18.1. The van der Waals surface area contributed by atoms with E-state index in [-0.39, 0.29) is 23.9 Å². The Bertz CT molecular complexity index is 831. The molecule has 1 aromatic heterocycles. The van der Waals surface area contributed by atoms with Crippen LogP contribution in [0, 0.1) is 0 Å².